The number of hydrogen-bond donors (Lipinski definition) is 2. The molecule has 2 aromatic rings. The molecule has 0 aliphatic heterocycles. The molecule has 0 fully saturated rings. The van der Waals surface area contributed by atoms with Crippen LogP contribution in [0.25, 0.3) is 0 Å². The number of hydrogen-bond acceptors (Lipinski definition) is 6. The number of nitrogens with one attached hydrogen (secondary N) is 2. The fraction of sp³-hybridized carbons (Fsp3) is 0.538. The lowest BCUT2D eigenvalue weighted by Gasteiger charge is -2.44. The van der Waals surface area contributed by atoms with Gasteiger partial charge in [0.25, 0.3) is 0 Å². The predicted molar refractivity (Wildman–Crippen MR) is 134 cm³/mol. The number of anilines is 1. The third kappa shape index (κ3) is 7.83. The lowest BCUT2D eigenvalue weighted by Crippen LogP contribution is -2.55. The van der Waals surface area contributed by atoms with Crippen LogP contribution in [-0.4, -0.2) is 46.0 Å². The minimum atomic E-state index is -0.885. The fourth-order valence-electron chi connectivity index (χ4n) is 3.61. The second kappa shape index (κ2) is 11.4. The zero-order valence-electron chi connectivity index (χ0n) is 22.0. The first-order valence-electron chi connectivity index (χ1n) is 11.8. The summed E-state index contributed by atoms with van der Waals surface area (Å²) in [5.74, 6) is 0.566. The first-order chi connectivity index (χ1) is 16.3. The van der Waals surface area contributed by atoms with Crippen molar-refractivity contribution in [3.8, 4) is 5.75 Å². The highest BCUT2D eigenvalue weighted by atomic mass is 16.5. The Morgan fingerprint density at radius 2 is 1.71 bits per heavy atom. The van der Waals surface area contributed by atoms with Crippen LogP contribution in [0.1, 0.15) is 78.2 Å². The lowest BCUT2D eigenvalue weighted by molar-refractivity contribution is -0.148. The molecule has 9 nitrogen and oxygen atoms in total. The molecular weight excluding hydrogens is 448 g/mol. The van der Waals surface area contributed by atoms with Gasteiger partial charge < -0.3 is 24.8 Å². The zero-order valence-corrected chi connectivity index (χ0v) is 22.0. The number of ether oxygens (including phenoxy) is 1. The number of nitrogens with zero attached hydrogens (tertiary/aromatic N) is 2. The number of aryl methyl sites for hydroxylation is 1. The van der Waals surface area contributed by atoms with E-state index in [1.807, 2.05) is 41.5 Å². The average Bonchev–Trinajstić information content (AvgIpc) is 3.18. The van der Waals surface area contributed by atoms with E-state index in [4.69, 9.17) is 9.26 Å². The minimum Gasteiger partial charge on any atom is -0.497 e. The standard InChI is InChI=1S/C26H38N4O5/c1-9-26(6,7)30(22(32)15-14-21(31)27-20-16-17(2)35-29-20)23(24(33)28-25(3,4)5)18-10-12-19(34-8)13-11-18/h10-13,16,23H,9,14-15H2,1-8H3,(H,28,33)(H,27,29,31)/t23-/m1/s1. The molecule has 0 aliphatic carbocycles. The van der Waals surface area contributed by atoms with E-state index >= 15 is 0 Å². The number of rotatable bonds is 10. The molecule has 1 heterocycles. The lowest BCUT2D eigenvalue weighted by atomic mass is 9.92. The predicted octanol–water partition coefficient (Wildman–Crippen LogP) is 4.38. The van der Waals surface area contributed by atoms with Gasteiger partial charge in [-0.2, -0.15) is 0 Å². The van der Waals surface area contributed by atoms with E-state index in [0.717, 1.165) is 0 Å². The van der Waals surface area contributed by atoms with Crippen molar-refractivity contribution in [2.45, 2.75) is 84.8 Å². The fourth-order valence-corrected chi connectivity index (χ4v) is 3.61. The molecule has 0 bridgehead atoms. The van der Waals surface area contributed by atoms with E-state index in [0.29, 0.717) is 29.3 Å². The molecule has 1 atom stereocenters. The van der Waals surface area contributed by atoms with Crippen molar-refractivity contribution in [1.29, 1.82) is 0 Å². The highest BCUT2D eigenvalue weighted by Crippen LogP contribution is 2.33. The van der Waals surface area contributed by atoms with Gasteiger partial charge in [-0.25, -0.2) is 0 Å². The average molecular weight is 487 g/mol. The second-order valence-electron chi connectivity index (χ2n) is 10.2. The van der Waals surface area contributed by atoms with Crippen LogP contribution >= 0.6 is 0 Å². The molecule has 0 aliphatic rings. The monoisotopic (exact) mass is 486 g/mol. The van der Waals surface area contributed by atoms with Crippen molar-refractivity contribution in [3.05, 3.63) is 41.7 Å². The van der Waals surface area contributed by atoms with Crippen LogP contribution in [0.4, 0.5) is 5.82 Å². The zero-order chi connectivity index (χ0) is 26.4. The summed E-state index contributed by atoms with van der Waals surface area (Å²) in [5.41, 5.74) is -0.496. The summed E-state index contributed by atoms with van der Waals surface area (Å²) >= 11 is 0. The van der Waals surface area contributed by atoms with Crippen molar-refractivity contribution < 1.29 is 23.6 Å². The van der Waals surface area contributed by atoms with Crippen molar-refractivity contribution in [1.82, 2.24) is 15.4 Å². The maximum Gasteiger partial charge on any atom is 0.247 e. The van der Waals surface area contributed by atoms with Crippen molar-refractivity contribution in [2.75, 3.05) is 12.4 Å². The third-order valence-corrected chi connectivity index (χ3v) is 5.68. The Kier molecular flexibility index (Phi) is 9.06. The normalized spacial score (nSPS) is 12.6. The summed E-state index contributed by atoms with van der Waals surface area (Å²) in [4.78, 5) is 41.2. The van der Waals surface area contributed by atoms with Gasteiger partial charge in [-0.3, -0.25) is 14.4 Å². The summed E-state index contributed by atoms with van der Waals surface area (Å²) in [6, 6.07) is 7.82. The topological polar surface area (TPSA) is 114 Å². The van der Waals surface area contributed by atoms with Crippen LogP contribution in [0, 0.1) is 6.92 Å². The molecule has 0 radical (unpaired) electrons. The molecule has 192 valence electrons. The highest BCUT2D eigenvalue weighted by molar-refractivity contribution is 5.94. The van der Waals surface area contributed by atoms with Gasteiger partial charge in [0.2, 0.25) is 17.7 Å². The van der Waals surface area contributed by atoms with Crippen LogP contribution in [0.2, 0.25) is 0 Å². The van der Waals surface area contributed by atoms with Gasteiger partial charge in [0, 0.05) is 30.0 Å². The molecule has 0 unspecified atom stereocenters. The molecule has 0 spiro atoms. The molecule has 1 aromatic carbocycles. The van der Waals surface area contributed by atoms with E-state index in [-0.39, 0.29) is 30.6 Å². The van der Waals surface area contributed by atoms with Crippen LogP contribution in [-0.2, 0) is 14.4 Å². The first-order valence-corrected chi connectivity index (χ1v) is 11.8. The number of carbonyl (C=O) groups is 3. The SMILES string of the molecule is CCC(C)(C)N(C(=O)CCC(=O)Nc1cc(C)on1)[C@@H](C(=O)NC(C)(C)C)c1ccc(OC)cc1. The number of carbonyl (C=O) groups excluding carboxylic acids is 3. The first kappa shape index (κ1) is 27.9. The smallest absolute Gasteiger partial charge is 0.247 e. The highest BCUT2D eigenvalue weighted by Gasteiger charge is 2.40. The molecule has 1 aromatic heterocycles. The second-order valence-corrected chi connectivity index (χ2v) is 10.2. The van der Waals surface area contributed by atoms with Crippen molar-refractivity contribution in [2.24, 2.45) is 0 Å². The van der Waals surface area contributed by atoms with E-state index in [1.165, 1.54) is 0 Å². The maximum atomic E-state index is 13.6. The molecule has 2 rings (SSSR count). The summed E-state index contributed by atoms with van der Waals surface area (Å²) < 4.78 is 10.2. The van der Waals surface area contributed by atoms with Gasteiger partial charge in [-0.05, 0) is 65.7 Å². The third-order valence-electron chi connectivity index (χ3n) is 5.68. The number of amides is 3. The van der Waals surface area contributed by atoms with Gasteiger partial charge in [0.15, 0.2) is 5.82 Å². The van der Waals surface area contributed by atoms with Crippen molar-refractivity contribution in [3.63, 3.8) is 0 Å². The van der Waals surface area contributed by atoms with E-state index < -0.39 is 17.1 Å². The number of aromatic nitrogens is 1. The molecule has 35 heavy (non-hydrogen) atoms. The molecule has 2 N–H and O–H groups in total. The van der Waals surface area contributed by atoms with Crippen LogP contribution in [0.15, 0.2) is 34.9 Å². The minimum absolute atomic E-state index is 0.0583. The van der Waals surface area contributed by atoms with Gasteiger partial charge in [0.05, 0.1) is 7.11 Å². The molecule has 0 saturated carbocycles. The Labute approximate surface area is 207 Å². The summed E-state index contributed by atoms with van der Waals surface area (Å²) in [6.45, 7) is 13.2. The number of benzene rings is 1. The quantitative estimate of drug-likeness (QED) is 0.515. The Morgan fingerprint density at radius 1 is 1.09 bits per heavy atom. The summed E-state index contributed by atoms with van der Waals surface area (Å²) in [7, 11) is 1.57. The summed E-state index contributed by atoms with van der Waals surface area (Å²) in [5, 5.41) is 9.39. The Morgan fingerprint density at radius 3 is 2.20 bits per heavy atom. The largest absolute Gasteiger partial charge is 0.497 e. The molecule has 0 saturated heterocycles. The molecular formula is C26H38N4O5. The van der Waals surface area contributed by atoms with Gasteiger partial charge in [0.1, 0.15) is 17.6 Å². The van der Waals surface area contributed by atoms with Gasteiger partial charge in [-0.1, -0.05) is 24.2 Å². The van der Waals surface area contributed by atoms with Gasteiger partial charge >= 0.3 is 0 Å². The Balaban J connectivity index is 2.36. The maximum absolute atomic E-state index is 13.6. The van der Waals surface area contributed by atoms with E-state index in [1.54, 1.807) is 49.3 Å². The van der Waals surface area contributed by atoms with Crippen LogP contribution in [0.3, 0.4) is 0 Å². The van der Waals surface area contributed by atoms with E-state index in [2.05, 4.69) is 15.8 Å². The van der Waals surface area contributed by atoms with Crippen LogP contribution in [0.5, 0.6) is 5.75 Å². The number of methoxy groups -OCH3 is 1. The van der Waals surface area contributed by atoms with Crippen molar-refractivity contribution >= 4 is 23.5 Å². The summed E-state index contributed by atoms with van der Waals surface area (Å²) in [6.07, 6.45) is 0.484. The Bertz CT molecular complexity index is 1020. The Hall–Kier alpha value is -3.36. The molecule has 9 heteroatoms. The van der Waals surface area contributed by atoms with E-state index in [9.17, 15) is 14.4 Å². The van der Waals surface area contributed by atoms with Crippen LogP contribution < -0.4 is 15.4 Å². The van der Waals surface area contributed by atoms with Gasteiger partial charge in [-0.15, -0.1) is 0 Å². The molecule has 3 amide bonds.